The maximum absolute atomic E-state index is 11.5. The first-order chi connectivity index (χ1) is 10.0. The molecule has 22 heavy (non-hydrogen) atoms. The Kier molecular flexibility index (Phi) is 7.64. The van der Waals surface area contributed by atoms with E-state index in [0.717, 1.165) is 31.6 Å². The molecule has 122 valence electrons. The molecule has 1 aromatic rings. The maximum Gasteiger partial charge on any atom is 0.222 e. The number of carbonyl (C=O) groups is 1. The number of nitrogens with two attached hydrogens (primary N) is 1. The second-order valence-corrected chi connectivity index (χ2v) is 5.61. The van der Waals surface area contributed by atoms with Crippen molar-refractivity contribution in [2.24, 2.45) is 10.7 Å². The van der Waals surface area contributed by atoms with Gasteiger partial charge in [0, 0.05) is 31.7 Å². The SMILES string of the molecule is Cc1cc(C)cc(NC(N)=NCCCN2CCCC2=O)c1.I. The van der Waals surface area contributed by atoms with Crippen LogP contribution in [0.3, 0.4) is 0 Å². The molecule has 1 amide bonds. The summed E-state index contributed by atoms with van der Waals surface area (Å²) in [5.41, 5.74) is 9.23. The second kappa shape index (κ2) is 8.97. The average Bonchev–Trinajstić information content (AvgIpc) is 2.79. The number of likely N-dealkylation sites (tertiary alicyclic amines) is 1. The molecule has 5 nitrogen and oxygen atoms in total. The molecule has 0 radical (unpaired) electrons. The number of benzene rings is 1. The normalized spacial score (nSPS) is 14.9. The summed E-state index contributed by atoms with van der Waals surface area (Å²) in [4.78, 5) is 17.7. The van der Waals surface area contributed by atoms with E-state index in [9.17, 15) is 4.79 Å². The van der Waals surface area contributed by atoms with Crippen molar-refractivity contribution in [3.05, 3.63) is 29.3 Å². The molecule has 3 N–H and O–H groups in total. The Bertz CT molecular complexity index is 525. The van der Waals surface area contributed by atoms with Crippen LogP contribution in [0.1, 0.15) is 30.4 Å². The average molecular weight is 416 g/mol. The fourth-order valence-corrected chi connectivity index (χ4v) is 2.64. The van der Waals surface area contributed by atoms with Gasteiger partial charge in [-0.1, -0.05) is 6.07 Å². The molecule has 1 fully saturated rings. The summed E-state index contributed by atoms with van der Waals surface area (Å²) in [5, 5.41) is 3.11. The highest BCUT2D eigenvalue weighted by atomic mass is 127. The van der Waals surface area contributed by atoms with Crippen LogP contribution < -0.4 is 11.1 Å². The first-order valence-corrected chi connectivity index (χ1v) is 7.47. The van der Waals surface area contributed by atoms with E-state index in [1.165, 1.54) is 11.1 Å². The van der Waals surface area contributed by atoms with Crippen molar-refractivity contribution in [3.8, 4) is 0 Å². The second-order valence-electron chi connectivity index (χ2n) is 5.61. The van der Waals surface area contributed by atoms with Gasteiger partial charge in [-0.2, -0.15) is 0 Å². The largest absolute Gasteiger partial charge is 0.370 e. The standard InChI is InChI=1S/C16H24N4O.HI/c1-12-9-13(2)11-14(10-12)19-16(17)18-6-4-8-20-7-3-5-15(20)21;/h9-11H,3-8H2,1-2H3,(H3,17,18,19);1H. The summed E-state index contributed by atoms with van der Waals surface area (Å²) in [6.45, 7) is 6.41. The number of carbonyl (C=O) groups excluding carboxylic acids is 1. The van der Waals surface area contributed by atoms with Gasteiger partial charge in [0.1, 0.15) is 0 Å². The minimum atomic E-state index is 0. The number of halogens is 1. The lowest BCUT2D eigenvalue weighted by Gasteiger charge is -2.14. The van der Waals surface area contributed by atoms with Gasteiger partial charge in [-0.05, 0) is 49.9 Å². The van der Waals surface area contributed by atoms with Crippen molar-refractivity contribution in [3.63, 3.8) is 0 Å². The van der Waals surface area contributed by atoms with E-state index in [2.05, 4.69) is 30.2 Å². The predicted molar refractivity (Wildman–Crippen MR) is 102 cm³/mol. The number of anilines is 1. The Morgan fingerprint density at radius 3 is 2.59 bits per heavy atom. The van der Waals surface area contributed by atoms with Crippen molar-refractivity contribution in [2.45, 2.75) is 33.1 Å². The molecule has 0 aromatic heterocycles. The highest BCUT2D eigenvalue weighted by Crippen LogP contribution is 2.13. The van der Waals surface area contributed by atoms with E-state index in [4.69, 9.17) is 5.73 Å². The van der Waals surface area contributed by atoms with Crippen LogP contribution in [-0.4, -0.2) is 36.4 Å². The van der Waals surface area contributed by atoms with E-state index in [1.54, 1.807) is 0 Å². The van der Waals surface area contributed by atoms with Crippen molar-refractivity contribution >= 4 is 41.5 Å². The zero-order valence-corrected chi connectivity index (χ0v) is 15.6. The van der Waals surface area contributed by atoms with Crippen molar-refractivity contribution < 1.29 is 4.79 Å². The van der Waals surface area contributed by atoms with Gasteiger partial charge in [-0.15, -0.1) is 24.0 Å². The summed E-state index contributed by atoms with van der Waals surface area (Å²) in [6.07, 6.45) is 2.53. The van der Waals surface area contributed by atoms with Crippen molar-refractivity contribution in [2.75, 3.05) is 25.0 Å². The minimum Gasteiger partial charge on any atom is -0.370 e. The summed E-state index contributed by atoms with van der Waals surface area (Å²) in [7, 11) is 0. The van der Waals surface area contributed by atoms with Crippen molar-refractivity contribution in [1.29, 1.82) is 0 Å². The molecule has 1 aromatic carbocycles. The van der Waals surface area contributed by atoms with Gasteiger partial charge >= 0.3 is 0 Å². The third-order valence-electron chi connectivity index (χ3n) is 3.53. The molecule has 0 unspecified atom stereocenters. The Hall–Kier alpha value is -1.31. The van der Waals surface area contributed by atoms with Crippen LogP contribution in [-0.2, 0) is 4.79 Å². The number of aliphatic imine (C=N–C) groups is 1. The van der Waals surface area contributed by atoms with E-state index >= 15 is 0 Å². The van der Waals surface area contributed by atoms with Gasteiger partial charge in [0.2, 0.25) is 5.91 Å². The summed E-state index contributed by atoms with van der Waals surface area (Å²) >= 11 is 0. The first kappa shape index (κ1) is 18.7. The third-order valence-corrected chi connectivity index (χ3v) is 3.53. The topological polar surface area (TPSA) is 70.7 Å². The van der Waals surface area contributed by atoms with Crippen molar-refractivity contribution in [1.82, 2.24) is 4.90 Å². The lowest BCUT2D eigenvalue weighted by atomic mass is 10.1. The molecule has 0 saturated carbocycles. The molecule has 0 atom stereocenters. The monoisotopic (exact) mass is 416 g/mol. The molecular weight excluding hydrogens is 391 g/mol. The van der Waals surface area contributed by atoms with Gasteiger partial charge in [0.05, 0.1) is 0 Å². The number of aryl methyl sites for hydroxylation is 2. The lowest BCUT2D eigenvalue weighted by Crippen LogP contribution is -2.27. The van der Waals surface area contributed by atoms with E-state index < -0.39 is 0 Å². The van der Waals surface area contributed by atoms with E-state index in [1.807, 2.05) is 17.0 Å². The van der Waals surface area contributed by atoms with E-state index in [0.29, 0.717) is 18.9 Å². The van der Waals surface area contributed by atoms with Crippen LogP contribution in [0.2, 0.25) is 0 Å². The molecule has 1 heterocycles. The number of amides is 1. The number of nitrogens with zero attached hydrogens (tertiary/aromatic N) is 2. The van der Waals surface area contributed by atoms with Crippen LogP contribution in [0.25, 0.3) is 0 Å². The number of nitrogens with one attached hydrogen (secondary N) is 1. The van der Waals surface area contributed by atoms with Crippen LogP contribution in [0.4, 0.5) is 5.69 Å². The molecule has 0 bridgehead atoms. The summed E-state index contributed by atoms with van der Waals surface area (Å²) in [5.74, 6) is 0.688. The molecule has 1 aliphatic heterocycles. The minimum absolute atomic E-state index is 0. The Morgan fingerprint density at radius 1 is 1.32 bits per heavy atom. The Morgan fingerprint density at radius 2 is 2.00 bits per heavy atom. The molecule has 0 aliphatic carbocycles. The predicted octanol–water partition coefficient (Wildman–Crippen LogP) is 2.66. The molecule has 6 heteroatoms. The van der Waals surface area contributed by atoms with Crippen LogP contribution in [0.15, 0.2) is 23.2 Å². The zero-order chi connectivity index (χ0) is 15.2. The zero-order valence-electron chi connectivity index (χ0n) is 13.3. The lowest BCUT2D eigenvalue weighted by molar-refractivity contribution is -0.127. The quantitative estimate of drug-likeness (QED) is 0.336. The molecule has 1 aliphatic rings. The fraction of sp³-hybridized carbons (Fsp3) is 0.500. The van der Waals surface area contributed by atoms with E-state index in [-0.39, 0.29) is 29.9 Å². The number of rotatable bonds is 5. The maximum atomic E-state index is 11.5. The number of guanidine groups is 1. The first-order valence-electron chi connectivity index (χ1n) is 7.47. The Labute approximate surface area is 149 Å². The smallest absolute Gasteiger partial charge is 0.222 e. The summed E-state index contributed by atoms with van der Waals surface area (Å²) in [6, 6.07) is 6.20. The van der Waals surface area contributed by atoms with Gasteiger partial charge in [-0.25, -0.2) is 0 Å². The third kappa shape index (κ3) is 5.82. The van der Waals surface area contributed by atoms with Crippen LogP contribution in [0, 0.1) is 13.8 Å². The molecule has 1 saturated heterocycles. The van der Waals surface area contributed by atoms with Gasteiger partial charge in [0.15, 0.2) is 5.96 Å². The molecule has 0 spiro atoms. The van der Waals surface area contributed by atoms with Crippen LogP contribution >= 0.6 is 24.0 Å². The number of hydrogen-bond donors (Lipinski definition) is 2. The highest BCUT2D eigenvalue weighted by molar-refractivity contribution is 14.0. The molecular formula is C16H25IN4O. The fourth-order valence-electron chi connectivity index (χ4n) is 2.64. The van der Waals surface area contributed by atoms with Crippen LogP contribution in [0.5, 0.6) is 0 Å². The highest BCUT2D eigenvalue weighted by Gasteiger charge is 2.18. The summed E-state index contributed by atoms with van der Waals surface area (Å²) < 4.78 is 0. The molecule has 2 rings (SSSR count). The van der Waals surface area contributed by atoms with Gasteiger partial charge in [-0.3, -0.25) is 9.79 Å². The Balaban J connectivity index is 0.00000242. The van der Waals surface area contributed by atoms with Gasteiger partial charge < -0.3 is 16.0 Å². The number of hydrogen-bond acceptors (Lipinski definition) is 2. The van der Waals surface area contributed by atoms with Gasteiger partial charge in [0.25, 0.3) is 0 Å².